The molecular formula is C15H23NO5S. The fraction of sp³-hybridized carbons (Fsp3) is 0.400. The van der Waals surface area contributed by atoms with Gasteiger partial charge in [0.2, 0.25) is 0 Å². The number of rotatable bonds is 5. The Labute approximate surface area is 131 Å². The summed E-state index contributed by atoms with van der Waals surface area (Å²) in [5.41, 5.74) is 4.61. The first kappa shape index (κ1) is 20.3. The Bertz CT molecular complexity index is 578. The predicted molar refractivity (Wildman–Crippen MR) is 81.8 cm³/mol. The summed E-state index contributed by atoms with van der Waals surface area (Å²) in [7, 11) is -4.27. The van der Waals surface area contributed by atoms with E-state index in [2.05, 4.69) is 12.3 Å². The van der Waals surface area contributed by atoms with Crippen LogP contribution in [0.15, 0.2) is 41.8 Å². The van der Waals surface area contributed by atoms with Gasteiger partial charge in [-0.25, -0.2) is 13.2 Å². The third-order valence-electron chi connectivity index (χ3n) is 2.76. The minimum atomic E-state index is -4.27. The smallest absolute Gasteiger partial charge is 0.365 e. The van der Waals surface area contributed by atoms with Crippen LogP contribution in [0, 0.1) is 12.8 Å². The van der Waals surface area contributed by atoms with Crippen molar-refractivity contribution in [1.82, 2.24) is 0 Å². The van der Waals surface area contributed by atoms with Crippen LogP contribution >= 0.6 is 0 Å². The second-order valence-electron chi connectivity index (χ2n) is 5.04. The monoisotopic (exact) mass is 329 g/mol. The van der Waals surface area contributed by atoms with E-state index in [1.165, 1.54) is 12.1 Å². The first-order valence-corrected chi connectivity index (χ1v) is 8.13. The van der Waals surface area contributed by atoms with Gasteiger partial charge >= 0.3 is 5.97 Å². The summed E-state index contributed by atoms with van der Waals surface area (Å²) in [6.07, 6.45) is 1.55. The molecule has 0 amide bonds. The highest BCUT2D eigenvalue weighted by atomic mass is 32.2. The van der Waals surface area contributed by atoms with E-state index in [4.69, 9.17) is 4.74 Å². The SMILES string of the molecule is C=CCOC(=O)C([NH3+])C(C)C.Cc1ccc(S(=O)(=O)[O-])cc1. The van der Waals surface area contributed by atoms with Crippen LogP contribution < -0.4 is 5.73 Å². The van der Waals surface area contributed by atoms with Crippen molar-refractivity contribution in [3.63, 3.8) is 0 Å². The second-order valence-corrected chi connectivity index (χ2v) is 6.42. The lowest BCUT2D eigenvalue weighted by Crippen LogP contribution is -2.67. The molecule has 0 aliphatic carbocycles. The minimum absolute atomic E-state index is 0.178. The molecule has 1 aromatic rings. The lowest BCUT2D eigenvalue weighted by molar-refractivity contribution is -0.418. The van der Waals surface area contributed by atoms with Crippen molar-refractivity contribution < 1.29 is 28.2 Å². The molecule has 0 radical (unpaired) electrons. The van der Waals surface area contributed by atoms with Gasteiger partial charge in [0.05, 0.1) is 4.90 Å². The third kappa shape index (κ3) is 7.92. The van der Waals surface area contributed by atoms with Crippen LogP contribution in [0.5, 0.6) is 0 Å². The Hall–Kier alpha value is -1.70. The Morgan fingerprint density at radius 1 is 1.36 bits per heavy atom. The van der Waals surface area contributed by atoms with E-state index < -0.39 is 10.1 Å². The topological polar surface area (TPSA) is 111 Å². The van der Waals surface area contributed by atoms with Crippen LogP contribution in [0.3, 0.4) is 0 Å². The zero-order chi connectivity index (χ0) is 17.3. The normalized spacial score (nSPS) is 12.1. The summed E-state index contributed by atoms with van der Waals surface area (Å²) in [5.74, 6) is -0.0211. The van der Waals surface area contributed by atoms with Crippen molar-refractivity contribution in [2.24, 2.45) is 5.92 Å². The molecule has 0 bridgehead atoms. The molecule has 0 aliphatic rings. The molecule has 0 saturated carbocycles. The van der Waals surface area contributed by atoms with Gasteiger partial charge in [-0.3, -0.25) is 0 Å². The molecule has 0 heterocycles. The van der Waals surface area contributed by atoms with Crippen LogP contribution in [0.1, 0.15) is 19.4 Å². The maximum atomic E-state index is 11.0. The van der Waals surface area contributed by atoms with Crippen LogP contribution in [0.4, 0.5) is 0 Å². The number of ether oxygens (including phenoxy) is 1. The molecule has 1 atom stereocenters. The van der Waals surface area contributed by atoms with E-state index in [0.717, 1.165) is 5.56 Å². The molecule has 1 aromatic carbocycles. The van der Waals surface area contributed by atoms with Crippen LogP contribution in [0.25, 0.3) is 0 Å². The Morgan fingerprint density at radius 3 is 2.23 bits per heavy atom. The van der Waals surface area contributed by atoms with Gasteiger partial charge in [-0.1, -0.05) is 44.2 Å². The maximum absolute atomic E-state index is 11.0. The minimum Gasteiger partial charge on any atom is -0.744 e. The van der Waals surface area contributed by atoms with Gasteiger partial charge in [-0.2, -0.15) is 0 Å². The molecule has 22 heavy (non-hydrogen) atoms. The van der Waals surface area contributed by atoms with Crippen molar-refractivity contribution in [2.45, 2.75) is 31.7 Å². The third-order valence-corrected chi connectivity index (χ3v) is 3.61. The number of carbonyl (C=O) groups is 1. The molecule has 0 fully saturated rings. The number of aryl methyl sites for hydroxylation is 1. The van der Waals surface area contributed by atoms with Crippen molar-refractivity contribution in [3.8, 4) is 0 Å². The zero-order valence-electron chi connectivity index (χ0n) is 13.1. The van der Waals surface area contributed by atoms with Gasteiger partial charge in [0, 0.05) is 5.92 Å². The number of carbonyl (C=O) groups excluding carboxylic acids is 1. The van der Waals surface area contributed by atoms with Crippen LogP contribution in [0.2, 0.25) is 0 Å². The lowest BCUT2D eigenvalue weighted by Gasteiger charge is -2.09. The molecule has 3 N–H and O–H groups in total. The molecular weight excluding hydrogens is 306 g/mol. The first-order chi connectivity index (χ1) is 10.1. The van der Waals surface area contributed by atoms with Crippen LogP contribution in [-0.2, 0) is 19.6 Å². The fourth-order valence-electron chi connectivity index (χ4n) is 1.23. The largest absolute Gasteiger partial charge is 0.744 e. The highest BCUT2D eigenvalue weighted by Crippen LogP contribution is 2.08. The summed E-state index contributed by atoms with van der Waals surface area (Å²) in [6, 6.07) is 5.51. The van der Waals surface area contributed by atoms with Crippen molar-refractivity contribution in [1.29, 1.82) is 0 Å². The predicted octanol–water partition coefficient (Wildman–Crippen LogP) is 0.881. The van der Waals surface area contributed by atoms with Gasteiger partial charge in [-0.15, -0.1) is 0 Å². The molecule has 0 saturated heterocycles. The Kier molecular flexibility index (Phi) is 8.62. The molecule has 0 spiro atoms. The van der Waals surface area contributed by atoms with E-state index in [1.807, 2.05) is 20.8 Å². The quantitative estimate of drug-likeness (QED) is 0.490. The summed E-state index contributed by atoms with van der Waals surface area (Å²) < 4.78 is 36.0. The maximum Gasteiger partial charge on any atom is 0.365 e. The Morgan fingerprint density at radius 2 is 1.86 bits per heavy atom. The summed E-state index contributed by atoms with van der Waals surface area (Å²) in [6.45, 7) is 9.41. The second kappa shape index (κ2) is 9.34. The molecule has 6 nitrogen and oxygen atoms in total. The van der Waals surface area contributed by atoms with Gasteiger partial charge < -0.3 is 15.0 Å². The van der Waals surface area contributed by atoms with E-state index in [0.29, 0.717) is 0 Å². The molecule has 0 aromatic heterocycles. The molecule has 0 aliphatic heterocycles. The van der Waals surface area contributed by atoms with Crippen molar-refractivity contribution >= 4 is 16.1 Å². The average Bonchev–Trinajstić information content (AvgIpc) is 2.44. The average molecular weight is 329 g/mol. The number of hydrogen-bond acceptors (Lipinski definition) is 5. The van der Waals surface area contributed by atoms with Gasteiger partial charge in [0.15, 0.2) is 6.04 Å². The molecule has 7 heteroatoms. The number of quaternary nitrogens is 1. The van der Waals surface area contributed by atoms with E-state index >= 15 is 0 Å². The number of benzene rings is 1. The Balaban J connectivity index is 0.000000401. The highest BCUT2D eigenvalue weighted by Gasteiger charge is 2.21. The standard InChI is InChI=1S/C8H15NO2.C7H8O3S/c1-4-5-11-8(10)7(9)6(2)3;1-6-2-4-7(5-3-6)11(8,9)10/h4,6-7H,1,5,9H2,2-3H3;2-5H,1H3,(H,8,9,10). The summed E-state index contributed by atoms with van der Waals surface area (Å²) in [5, 5.41) is 0. The van der Waals surface area contributed by atoms with Gasteiger partial charge in [0.1, 0.15) is 16.7 Å². The van der Waals surface area contributed by atoms with Crippen LogP contribution in [-0.4, -0.2) is 31.6 Å². The van der Waals surface area contributed by atoms with E-state index in [-0.39, 0.29) is 29.4 Å². The summed E-state index contributed by atoms with van der Waals surface area (Å²) >= 11 is 0. The molecule has 1 unspecified atom stereocenters. The number of hydrogen-bond donors (Lipinski definition) is 1. The zero-order valence-corrected chi connectivity index (χ0v) is 13.9. The number of esters is 1. The van der Waals surface area contributed by atoms with Crippen molar-refractivity contribution in [2.75, 3.05) is 6.61 Å². The fourth-order valence-corrected chi connectivity index (χ4v) is 1.69. The molecule has 1 rings (SSSR count). The summed E-state index contributed by atoms with van der Waals surface area (Å²) in [4.78, 5) is 10.8. The first-order valence-electron chi connectivity index (χ1n) is 6.72. The van der Waals surface area contributed by atoms with Gasteiger partial charge in [0.25, 0.3) is 0 Å². The highest BCUT2D eigenvalue weighted by molar-refractivity contribution is 7.85. The van der Waals surface area contributed by atoms with Gasteiger partial charge in [-0.05, 0) is 19.1 Å². The molecule has 124 valence electrons. The van der Waals surface area contributed by atoms with E-state index in [9.17, 15) is 17.8 Å². The lowest BCUT2D eigenvalue weighted by atomic mass is 10.1. The van der Waals surface area contributed by atoms with Crippen molar-refractivity contribution in [3.05, 3.63) is 42.5 Å². The van der Waals surface area contributed by atoms with E-state index in [1.54, 1.807) is 18.2 Å².